The maximum Gasteiger partial charge on any atom is 0.403 e. The zero-order valence-electron chi connectivity index (χ0n) is 21.2. The molecule has 2 fully saturated rings. The molecule has 1 unspecified atom stereocenters. The van der Waals surface area contributed by atoms with Crippen LogP contribution in [-0.4, -0.2) is 68.7 Å². The molecule has 1 aromatic heterocycles. The Bertz CT molecular complexity index is 946. The molecule has 1 aromatic rings. The Morgan fingerprint density at radius 1 is 1.27 bits per heavy atom. The summed E-state index contributed by atoms with van der Waals surface area (Å²) >= 11 is 0. The predicted octanol–water partition coefficient (Wildman–Crippen LogP) is 3.57. The lowest BCUT2D eigenvalue weighted by Crippen LogP contribution is -2.57. The zero-order valence-corrected chi connectivity index (χ0v) is 21.2. The summed E-state index contributed by atoms with van der Waals surface area (Å²) in [6.07, 6.45) is 0.246. The number of carbonyl (C=O) groups excluding carboxylic acids is 2. The van der Waals surface area contributed by atoms with Crippen LogP contribution in [0.4, 0.5) is 19.0 Å². The fraction of sp³-hybridized carbons (Fsp3) is 0.731. The van der Waals surface area contributed by atoms with Crippen molar-refractivity contribution in [2.45, 2.75) is 76.1 Å². The molecule has 1 saturated carbocycles. The highest BCUT2D eigenvalue weighted by atomic mass is 19.4. The van der Waals surface area contributed by atoms with E-state index >= 15 is 0 Å². The van der Waals surface area contributed by atoms with Gasteiger partial charge in [-0.1, -0.05) is 6.07 Å². The van der Waals surface area contributed by atoms with Gasteiger partial charge in [-0.3, -0.25) is 4.79 Å². The first-order chi connectivity index (χ1) is 17.7. The lowest BCUT2D eigenvalue weighted by atomic mass is 9.78. The predicted molar refractivity (Wildman–Crippen MR) is 129 cm³/mol. The van der Waals surface area contributed by atoms with Gasteiger partial charge in [0.2, 0.25) is 5.91 Å². The van der Waals surface area contributed by atoms with Crippen molar-refractivity contribution in [1.82, 2.24) is 10.3 Å². The highest BCUT2D eigenvalue weighted by Gasteiger charge is 2.60. The highest BCUT2D eigenvalue weighted by molar-refractivity contribution is 5.88. The molecule has 2 N–H and O–H groups in total. The van der Waals surface area contributed by atoms with E-state index < -0.39 is 42.4 Å². The van der Waals surface area contributed by atoms with Crippen LogP contribution >= 0.6 is 0 Å². The van der Waals surface area contributed by atoms with Gasteiger partial charge in [0.05, 0.1) is 13.2 Å². The monoisotopic (exact) mass is 527 g/mol. The molecule has 1 aliphatic carbocycles. The van der Waals surface area contributed by atoms with Gasteiger partial charge >= 0.3 is 12.1 Å². The largest absolute Gasteiger partial charge is 0.467 e. The van der Waals surface area contributed by atoms with Gasteiger partial charge in [-0.25, -0.2) is 9.78 Å². The molecule has 3 heterocycles. The number of esters is 1. The number of amides is 1. The fourth-order valence-corrected chi connectivity index (χ4v) is 5.31. The molecular formula is C26H36F3N3O5. The molecule has 37 heavy (non-hydrogen) atoms. The zero-order chi connectivity index (χ0) is 26.5. The van der Waals surface area contributed by atoms with Gasteiger partial charge < -0.3 is 24.8 Å². The van der Waals surface area contributed by atoms with E-state index in [9.17, 15) is 22.8 Å². The van der Waals surface area contributed by atoms with Gasteiger partial charge in [-0.05, 0) is 68.9 Å². The summed E-state index contributed by atoms with van der Waals surface area (Å²) in [4.78, 5) is 29.7. The molecule has 11 heteroatoms. The Hall–Kier alpha value is -2.40. The summed E-state index contributed by atoms with van der Waals surface area (Å²) in [6.45, 7) is 0.768. The first-order valence-corrected chi connectivity index (χ1v) is 13.1. The number of halogens is 3. The van der Waals surface area contributed by atoms with Crippen molar-refractivity contribution in [2.24, 2.45) is 11.3 Å². The lowest BCUT2D eigenvalue weighted by molar-refractivity contribution is -0.240. The van der Waals surface area contributed by atoms with Crippen molar-refractivity contribution in [1.29, 1.82) is 0 Å². The standard InChI is InChI=1S/C26H36F3N3O5/c1-35-23(33)21(32-24(34)25(26(27,28)29)9-13-36-14-10-25)8-12-37-20-15-17(16-20)4-6-19-7-5-18-3-2-11-30-22(18)31-19/h5,7,17,20-21H,2-4,6,8-16H2,1H3,(H,30,31)(H,32,34)/t17-,20+,21?. The number of hydrogen-bond donors (Lipinski definition) is 2. The van der Waals surface area contributed by atoms with E-state index in [4.69, 9.17) is 19.2 Å². The number of alkyl halides is 3. The Balaban J connectivity index is 1.20. The van der Waals surface area contributed by atoms with E-state index in [-0.39, 0.29) is 32.3 Å². The topological polar surface area (TPSA) is 98.8 Å². The van der Waals surface area contributed by atoms with E-state index in [1.54, 1.807) is 0 Å². The molecule has 1 saturated heterocycles. The number of nitrogens with one attached hydrogen (secondary N) is 2. The van der Waals surface area contributed by atoms with Crippen molar-refractivity contribution in [3.05, 3.63) is 23.4 Å². The molecule has 0 bridgehead atoms. The number of anilines is 1. The number of fused-ring (bicyclic) bond motifs is 1. The number of pyridine rings is 1. The molecular weight excluding hydrogens is 491 g/mol. The van der Waals surface area contributed by atoms with Gasteiger partial charge in [0.25, 0.3) is 0 Å². The van der Waals surface area contributed by atoms with Crippen molar-refractivity contribution in [3.8, 4) is 0 Å². The van der Waals surface area contributed by atoms with E-state index in [2.05, 4.69) is 22.8 Å². The molecule has 206 valence electrons. The second-order valence-electron chi connectivity index (χ2n) is 10.2. The quantitative estimate of drug-likeness (QED) is 0.449. The van der Waals surface area contributed by atoms with Crippen molar-refractivity contribution < 1.29 is 37.0 Å². The summed E-state index contributed by atoms with van der Waals surface area (Å²) in [5.41, 5.74) is -0.215. The van der Waals surface area contributed by atoms with Gasteiger partial charge in [0.1, 0.15) is 17.3 Å². The maximum absolute atomic E-state index is 13.8. The Kier molecular flexibility index (Phi) is 8.94. The molecule has 8 nitrogen and oxygen atoms in total. The molecule has 2 aliphatic heterocycles. The third kappa shape index (κ3) is 6.54. The van der Waals surface area contributed by atoms with Crippen LogP contribution in [0.25, 0.3) is 0 Å². The van der Waals surface area contributed by atoms with Crippen molar-refractivity contribution >= 4 is 17.7 Å². The average molecular weight is 528 g/mol. The summed E-state index contributed by atoms with van der Waals surface area (Å²) in [7, 11) is 1.14. The van der Waals surface area contributed by atoms with Crippen molar-refractivity contribution in [3.63, 3.8) is 0 Å². The van der Waals surface area contributed by atoms with Crippen LogP contribution in [0.5, 0.6) is 0 Å². The number of aromatic nitrogens is 1. The summed E-state index contributed by atoms with van der Waals surface area (Å²) in [5, 5.41) is 5.64. The molecule has 0 aromatic carbocycles. The molecule has 1 atom stereocenters. The van der Waals surface area contributed by atoms with Crippen LogP contribution in [-0.2, 0) is 36.6 Å². The fourth-order valence-electron chi connectivity index (χ4n) is 5.31. The minimum atomic E-state index is -4.75. The van der Waals surface area contributed by atoms with Crippen LogP contribution in [0.3, 0.4) is 0 Å². The third-order valence-corrected chi connectivity index (χ3v) is 7.83. The number of hydrogen-bond acceptors (Lipinski definition) is 7. The number of carbonyl (C=O) groups is 2. The SMILES string of the molecule is COC(=O)C(CCO[C@H]1C[C@@H](CCc2ccc3c(n2)NCCC3)C1)NC(=O)C1(C(F)(F)F)CCOCC1. The molecule has 0 spiro atoms. The molecule has 0 radical (unpaired) electrons. The van der Waals surface area contributed by atoms with E-state index in [1.165, 1.54) is 5.56 Å². The summed E-state index contributed by atoms with van der Waals surface area (Å²) < 4.78 is 57.0. The van der Waals surface area contributed by atoms with E-state index in [1.807, 2.05) is 0 Å². The molecule has 1 amide bonds. The van der Waals surface area contributed by atoms with Crippen LogP contribution in [0, 0.1) is 11.3 Å². The Morgan fingerprint density at radius 2 is 2.03 bits per heavy atom. The van der Waals surface area contributed by atoms with Gasteiger partial charge in [-0.2, -0.15) is 13.2 Å². The van der Waals surface area contributed by atoms with E-state index in [0.717, 1.165) is 63.7 Å². The first-order valence-electron chi connectivity index (χ1n) is 13.1. The number of ether oxygens (including phenoxy) is 3. The highest BCUT2D eigenvalue weighted by Crippen LogP contribution is 2.46. The minimum absolute atomic E-state index is 0.0363. The normalized spacial score (nSPS) is 23.7. The summed E-state index contributed by atoms with van der Waals surface area (Å²) in [5.74, 6) is -0.482. The molecule has 4 rings (SSSR count). The van der Waals surface area contributed by atoms with Gasteiger partial charge in [-0.15, -0.1) is 0 Å². The second-order valence-corrected chi connectivity index (χ2v) is 10.2. The Morgan fingerprint density at radius 3 is 2.73 bits per heavy atom. The van der Waals surface area contributed by atoms with E-state index in [0.29, 0.717) is 5.92 Å². The van der Waals surface area contributed by atoms with Crippen LogP contribution < -0.4 is 10.6 Å². The van der Waals surface area contributed by atoms with Crippen LogP contribution in [0.2, 0.25) is 0 Å². The maximum atomic E-state index is 13.8. The number of rotatable bonds is 10. The van der Waals surface area contributed by atoms with Crippen molar-refractivity contribution in [2.75, 3.05) is 38.8 Å². The number of methoxy groups -OCH3 is 1. The molecule has 3 aliphatic rings. The third-order valence-electron chi connectivity index (χ3n) is 7.83. The lowest BCUT2D eigenvalue weighted by Gasteiger charge is -2.38. The minimum Gasteiger partial charge on any atom is -0.467 e. The number of nitrogens with zero attached hydrogens (tertiary/aromatic N) is 1. The Labute approximate surface area is 215 Å². The van der Waals surface area contributed by atoms with Crippen LogP contribution in [0.15, 0.2) is 12.1 Å². The van der Waals surface area contributed by atoms with Crippen LogP contribution in [0.1, 0.15) is 56.2 Å². The van der Waals surface area contributed by atoms with Gasteiger partial charge in [0, 0.05) is 38.5 Å². The first kappa shape index (κ1) is 27.6. The average Bonchev–Trinajstić information content (AvgIpc) is 2.87. The second kappa shape index (κ2) is 12.0. The van der Waals surface area contributed by atoms with Gasteiger partial charge in [0.15, 0.2) is 0 Å². The number of aryl methyl sites for hydroxylation is 2. The summed E-state index contributed by atoms with van der Waals surface area (Å²) in [6, 6.07) is 3.05. The smallest absolute Gasteiger partial charge is 0.403 e.